The summed E-state index contributed by atoms with van der Waals surface area (Å²) >= 11 is 0. The first kappa shape index (κ1) is 26.1. The zero-order chi connectivity index (χ0) is 24.7. The third kappa shape index (κ3) is 7.01. The number of hydrogen-bond acceptors (Lipinski definition) is 6. The van der Waals surface area contributed by atoms with E-state index in [0.29, 0.717) is 6.42 Å². The Hall–Kier alpha value is -2.48. The molecule has 2 aromatic rings. The maximum absolute atomic E-state index is 12.6. The number of ether oxygens (including phenoxy) is 2. The van der Waals surface area contributed by atoms with Crippen molar-refractivity contribution in [3.63, 3.8) is 0 Å². The number of benzene rings is 2. The van der Waals surface area contributed by atoms with Crippen LogP contribution in [0.25, 0.3) is 6.08 Å². The molecule has 0 aliphatic carbocycles. The second-order valence-corrected chi connectivity index (χ2v) is 10.6. The summed E-state index contributed by atoms with van der Waals surface area (Å²) in [5.41, 5.74) is 1.87. The molecule has 0 saturated carbocycles. The summed E-state index contributed by atoms with van der Waals surface area (Å²) in [5, 5.41) is 0. The minimum atomic E-state index is -3.91. The van der Waals surface area contributed by atoms with E-state index in [2.05, 4.69) is 13.8 Å². The van der Waals surface area contributed by atoms with Crippen LogP contribution in [0.4, 0.5) is 0 Å². The summed E-state index contributed by atoms with van der Waals surface area (Å²) in [6.45, 7) is 7.92. The van der Waals surface area contributed by atoms with E-state index in [0.717, 1.165) is 17.5 Å². The van der Waals surface area contributed by atoms with Crippen molar-refractivity contribution in [2.45, 2.75) is 63.7 Å². The lowest BCUT2D eigenvalue weighted by Crippen LogP contribution is -2.48. The van der Waals surface area contributed by atoms with E-state index in [1.165, 1.54) is 18.2 Å². The maximum Gasteiger partial charge on any atom is 0.331 e. The molecule has 184 valence electrons. The fraction of sp³-hybridized carbons (Fsp3) is 0.444. The number of aryl methyl sites for hydroxylation is 1. The quantitative estimate of drug-likeness (QED) is 0.277. The number of carbonyl (C=O) groups is 1. The third-order valence-electron chi connectivity index (χ3n) is 6.35. The monoisotopic (exact) mass is 486 g/mol. The predicted molar refractivity (Wildman–Crippen MR) is 132 cm³/mol. The molecule has 0 aromatic heterocycles. The maximum atomic E-state index is 12.6. The summed E-state index contributed by atoms with van der Waals surface area (Å²) in [6, 6.07) is 16.0. The van der Waals surface area contributed by atoms with Gasteiger partial charge in [-0.15, -0.1) is 0 Å². The molecule has 1 aliphatic heterocycles. The summed E-state index contributed by atoms with van der Waals surface area (Å²) in [4.78, 5) is 12.6. The van der Waals surface area contributed by atoms with Gasteiger partial charge in [-0.1, -0.05) is 75.2 Å². The van der Waals surface area contributed by atoms with Crippen molar-refractivity contribution in [3.05, 3.63) is 71.8 Å². The molecule has 1 aliphatic rings. The average Bonchev–Trinajstić information content (AvgIpc) is 2.83. The fourth-order valence-electron chi connectivity index (χ4n) is 4.09. The Morgan fingerprint density at radius 2 is 1.82 bits per heavy atom. The van der Waals surface area contributed by atoms with E-state index in [1.807, 2.05) is 44.2 Å². The highest BCUT2D eigenvalue weighted by atomic mass is 32.2. The van der Waals surface area contributed by atoms with Gasteiger partial charge in [-0.25, -0.2) is 4.79 Å². The van der Waals surface area contributed by atoms with Crippen molar-refractivity contribution in [3.8, 4) is 0 Å². The summed E-state index contributed by atoms with van der Waals surface area (Å²) in [5.74, 6) is -0.251. The Bertz CT molecular complexity index is 1060. The second kappa shape index (κ2) is 11.8. The molecule has 6 nitrogen and oxygen atoms in total. The zero-order valence-corrected chi connectivity index (χ0v) is 21.0. The molecular formula is C27H34O6S. The van der Waals surface area contributed by atoms with Crippen molar-refractivity contribution >= 4 is 22.2 Å². The highest BCUT2D eigenvalue weighted by Crippen LogP contribution is 2.33. The number of rotatable bonds is 9. The molecule has 34 heavy (non-hydrogen) atoms. The van der Waals surface area contributed by atoms with Crippen LogP contribution in [0, 0.1) is 18.8 Å². The van der Waals surface area contributed by atoms with Crippen LogP contribution in [-0.4, -0.2) is 39.3 Å². The van der Waals surface area contributed by atoms with Gasteiger partial charge >= 0.3 is 5.97 Å². The van der Waals surface area contributed by atoms with Crippen LogP contribution in [0.3, 0.4) is 0 Å². The molecule has 0 unspecified atom stereocenters. The molecule has 0 spiro atoms. The molecule has 0 amide bonds. The van der Waals surface area contributed by atoms with Crippen LogP contribution >= 0.6 is 0 Å². The van der Waals surface area contributed by atoms with Gasteiger partial charge in [-0.3, -0.25) is 4.18 Å². The van der Waals surface area contributed by atoms with E-state index in [1.54, 1.807) is 18.2 Å². The normalized spacial score (nSPS) is 24.1. The third-order valence-corrected chi connectivity index (χ3v) is 7.65. The number of esters is 1. The molecule has 0 N–H and O–H groups in total. The smallest absolute Gasteiger partial charge is 0.331 e. The summed E-state index contributed by atoms with van der Waals surface area (Å²) < 4.78 is 42.6. The first-order valence-corrected chi connectivity index (χ1v) is 13.2. The number of hydrogen-bond donors (Lipinski definition) is 0. The van der Waals surface area contributed by atoms with Gasteiger partial charge in [0.15, 0.2) is 0 Å². The average molecular weight is 487 g/mol. The van der Waals surface area contributed by atoms with Crippen LogP contribution in [0.1, 0.15) is 44.7 Å². The zero-order valence-electron chi connectivity index (χ0n) is 20.2. The molecule has 7 heteroatoms. The summed E-state index contributed by atoms with van der Waals surface area (Å²) in [7, 11) is -3.91. The van der Waals surface area contributed by atoms with Crippen molar-refractivity contribution < 1.29 is 26.9 Å². The molecule has 0 bridgehead atoms. The van der Waals surface area contributed by atoms with Crippen molar-refractivity contribution in [2.75, 3.05) is 6.61 Å². The summed E-state index contributed by atoms with van der Waals surface area (Å²) in [6.07, 6.45) is 3.30. The van der Waals surface area contributed by atoms with E-state index >= 15 is 0 Å². The molecule has 3 rings (SSSR count). The van der Waals surface area contributed by atoms with Gasteiger partial charge in [0.1, 0.15) is 6.10 Å². The van der Waals surface area contributed by atoms with Gasteiger partial charge < -0.3 is 9.47 Å². The minimum Gasteiger partial charge on any atom is -0.459 e. The number of carbonyl (C=O) groups excluding carboxylic acids is 1. The highest BCUT2D eigenvalue weighted by molar-refractivity contribution is 7.86. The Labute approximate surface area is 203 Å². The van der Waals surface area contributed by atoms with Gasteiger partial charge in [0.05, 0.1) is 23.7 Å². The van der Waals surface area contributed by atoms with Crippen LogP contribution in [0.15, 0.2) is 65.6 Å². The molecule has 1 heterocycles. The molecule has 1 saturated heterocycles. The minimum absolute atomic E-state index is 0.0334. The lowest BCUT2D eigenvalue weighted by molar-refractivity contribution is -0.180. The van der Waals surface area contributed by atoms with Crippen molar-refractivity contribution in [1.29, 1.82) is 0 Å². The highest BCUT2D eigenvalue weighted by Gasteiger charge is 2.40. The second-order valence-electron chi connectivity index (χ2n) is 8.97. The predicted octanol–water partition coefficient (Wildman–Crippen LogP) is 5.17. The molecule has 0 radical (unpaired) electrons. The Balaban J connectivity index is 1.68. The van der Waals surface area contributed by atoms with E-state index in [-0.39, 0.29) is 29.4 Å². The van der Waals surface area contributed by atoms with Gasteiger partial charge in [0.25, 0.3) is 10.1 Å². The van der Waals surface area contributed by atoms with Crippen molar-refractivity contribution in [2.24, 2.45) is 11.8 Å². The van der Waals surface area contributed by atoms with Crippen LogP contribution in [-0.2, 0) is 28.6 Å². The Morgan fingerprint density at radius 3 is 2.47 bits per heavy atom. The molecule has 5 atom stereocenters. The van der Waals surface area contributed by atoms with Crippen LogP contribution in [0.2, 0.25) is 0 Å². The van der Waals surface area contributed by atoms with Crippen LogP contribution < -0.4 is 0 Å². The largest absolute Gasteiger partial charge is 0.459 e. The lowest BCUT2D eigenvalue weighted by atomic mass is 9.83. The molecular weight excluding hydrogens is 452 g/mol. The van der Waals surface area contributed by atoms with E-state index < -0.39 is 28.3 Å². The van der Waals surface area contributed by atoms with Gasteiger partial charge in [0, 0.05) is 18.4 Å². The standard InChI is InChI=1S/C27H34O6S/c1-5-20(3)27-21(4)25(33-26(28)16-13-22-9-7-6-8-10-22)17-23(32-27)18-31-34(29,30)24-14-11-19(2)12-15-24/h6-16,20-21,23,25,27H,5,17-18H2,1-4H3/b16-13+/t20-,21-,23+,25-,27+/m0/s1. The van der Waals surface area contributed by atoms with E-state index in [4.69, 9.17) is 13.7 Å². The topological polar surface area (TPSA) is 78.9 Å². The SMILES string of the molecule is CC[C@H](C)[C@H]1O[C@@H](COS(=O)(=O)c2ccc(C)cc2)C[C@H](OC(=O)/C=C/c2ccccc2)[C@@H]1C. The first-order valence-electron chi connectivity index (χ1n) is 11.7. The molecule has 2 aromatic carbocycles. The Morgan fingerprint density at radius 1 is 1.15 bits per heavy atom. The van der Waals surface area contributed by atoms with Gasteiger partial charge in [-0.2, -0.15) is 8.42 Å². The first-order chi connectivity index (χ1) is 16.2. The van der Waals surface area contributed by atoms with E-state index in [9.17, 15) is 13.2 Å². The van der Waals surface area contributed by atoms with Gasteiger partial charge in [-0.05, 0) is 36.6 Å². The fourth-order valence-corrected chi connectivity index (χ4v) is 5.03. The van der Waals surface area contributed by atoms with Crippen molar-refractivity contribution in [1.82, 2.24) is 0 Å². The molecule has 1 fully saturated rings. The lowest BCUT2D eigenvalue weighted by Gasteiger charge is -2.42. The Kier molecular flexibility index (Phi) is 9.05. The van der Waals surface area contributed by atoms with Crippen LogP contribution in [0.5, 0.6) is 0 Å². The van der Waals surface area contributed by atoms with Gasteiger partial charge in [0.2, 0.25) is 0 Å².